The molecule has 3 aliphatic heterocycles. The molecule has 0 spiro atoms. The van der Waals surface area contributed by atoms with Crippen LogP contribution in [0.4, 0.5) is 0 Å². The van der Waals surface area contributed by atoms with Crippen molar-refractivity contribution >= 4 is 17.7 Å². The normalized spacial score (nSPS) is 27.6. The molecule has 2 fully saturated rings. The first-order valence-electron chi connectivity index (χ1n) is 10.4. The van der Waals surface area contributed by atoms with Crippen LogP contribution in [-0.4, -0.2) is 59.5 Å². The minimum Gasteiger partial charge on any atom is -0.396 e. The molecule has 3 amide bonds. The summed E-state index contributed by atoms with van der Waals surface area (Å²) in [4.78, 5) is 38.0. The van der Waals surface area contributed by atoms with Crippen LogP contribution in [0.15, 0.2) is 18.2 Å². The van der Waals surface area contributed by atoms with Crippen LogP contribution >= 0.6 is 0 Å². The summed E-state index contributed by atoms with van der Waals surface area (Å²) in [6.45, 7) is 3.04. The fraction of sp³-hybridized carbons (Fsp3) is 0.571. The second-order valence-electron chi connectivity index (χ2n) is 8.15. The summed E-state index contributed by atoms with van der Waals surface area (Å²) < 4.78 is 0. The summed E-state index contributed by atoms with van der Waals surface area (Å²) in [7, 11) is 0. The molecule has 1 aromatic carbocycles. The molecule has 3 aliphatic rings. The minimum atomic E-state index is -0.585. The van der Waals surface area contributed by atoms with E-state index in [1.807, 2.05) is 18.2 Å². The molecule has 3 atom stereocenters. The number of carbonyl (C=O) groups excluding carboxylic acids is 3. The standard InChI is InChI=1S/C21H28N4O4/c26-12-15-5-7-22-8-6-17(15)23-10-13-1-2-14-11-25(21(29)16(14)9-13)18-3-4-19(27)24-20(18)28/h1-2,9,15,17-18,22-23,26H,3-8,10-12H2,(H,24,27,28). The van der Waals surface area contributed by atoms with Crippen molar-refractivity contribution in [1.29, 1.82) is 0 Å². The smallest absolute Gasteiger partial charge is 0.255 e. The van der Waals surface area contributed by atoms with E-state index >= 15 is 0 Å². The monoisotopic (exact) mass is 400 g/mol. The summed E-state index contributed by atoms with van der Waals surface area (Å²) in [5.41, 5.74) is 2.56. The van der Waals surface area contributed by atoms with Crippen LogP contribution in [0.25, 0.3) is 0 Å². The molecule has 3 unspecified atom stereocenters. The van der Waals surface area contributed by atoms with Crippen LogP contribution < -0.4 is 16.0 Å². The van der Waals surface area contributed by atoms with Gasteiger partial charge in [-0.15, -0.1) is 0 Å². The SMILES string of the molecule is O=C1CCC(N2Cc3ccc(CNC4CCNCCC4CO)cc3C2=O)C(=O)N1. The number of rotatable bonds is 5. The van der Waals surface area contributed by atoms with Gasteiger partial charge in [-0.05, 0) is 55.5 Å². The average Bonchev–Trinajstić information content (AvgIpc) is 2.89. The van der Waals surface area contributed by atoms with Crippen LogP contribution in [0, 0.1) is 5.92 Å². The van der Waals surface area contributed by atoms with Crippen molar-refractivity contribution in [2.24, 2.45) is 5.92 Å². The number of carbonyl (C=O) groups is 3. The van der Waals surface area contributed by atoms with E-state index in [9.17, 15) is 19.5 Å². The fourth-order valence-electron chi connectivity index (χ4n) is 4.55. The molecule has 2 saturated heterocycles. The van der Waals surface area contributed by atoms with E-state index in [1.165, 1.54) is 0 Å². The summed E-state index contributed by atoms with van der Waals surface area (Å²) in [5.74, 6) is -0.590. The highest BCUT2D eigenvalue weighted by molar-refractivity contribution is 6.05. The molecule has 0 bridgehead atoms. The molecule has 156 valence electrons. The van der Waals surface area contributed by atoms with Gasteiger partial charge in [0.2, 0.25) is 11.8 Å². The van der Waals surface area contributed by atoms with E-state index in [0.717, 1.165) is 37.1 Å². The Labute approximate surface area is 170 Å². The molecule has 0 aliphatic carbocycles. The zero-order valence-electron chi connectivity index (χ0n) is 16.4. The number of benzene rings is 1. The lowest BCUT2D eigenvalue weighted by atomic mass is 9.95. The largest absolute Gasteiger partial charge is 0.396 e. The van der Waals surface area contributed by atoms with Gasteiger partial charge in [-0.1, -0.05) is 12.1 Å². The van der Waals surface area contributed by atoms with Crippen LogP contribution in [0.2, 0.25) is 0 Å². The van der Waals surface area contributed by atoms with Crippen molar-refractivity contribution in [2.75, 3.05) is 19.7 Å². The first kappa shape index (κ1) is 20.0. The van der Waals surface area contributed by atoms with Gasteiger partial charge in [-0.3, -0.25) is 19.7 Å². The Hall–Kier alpha value is -2.29. The van der Waals surface area contributed by atoms with Gasteiger partial charge < -0.3 is 20.6 Å². The third-order valence-corrected chi connectivity index (χ3v) is 6.29. The van der Waals surface area contributed by atoms with Gasteiger partial charge in [0.05, 0.1) is 0 Å². The summed E-state index contributed by atoms with van der Waals surface area (Å²) >= 11 is 0. The van der Waals surface area contributed by atoms with Crippen molar-refractivity contribution < 1.29 is 19.5 Å². The number of aliphatic hydroxyl groups is 1. The molecule has 0 radical (unpaired) electrons. The van der Waals surface area contributed by atoms with Crippen LogP contribution in [-0.2, 0) is 22.7 Å². The number of amides is 3. The van der Waals surface area contributed by atoms with E-state index in [0.29, 0.717) is 25.1 Å². The van der Waals surface area contributed by atoms with Gasteiger partial charge in [0.1, 0.15) is 6.04 Å². The lowest BCUT2D eigenvalue weighted by Crippen LogP contribution is -2.52. The molecule has 0 saturated carbocycles. The number of piperidine rings is 1. The van der Waals surface area contributed by atoms with Gasteiger partial charge in [-0.25, -0.2) is 0 Å². The number of imide groups is 1. The zero-order valence-corrected chi connectivity index (χ0v) is 16.4. The molecule has 4 rings (SSSR count). The number of aliphatic hydroxyl groups excluding tert-OH is 1. The Balaban J connectivity index is 1.42. The lowest BCUT2D eigenvalue weighted by Gasteiger charge is -2.29. The topological polar surface area (TPSA) is 111 Å². The van der Waals surface area contributed by atoms with Gasteiger partial charge in [-0.2, -0.15) is 0 Å². The summed E-state index contributed by atoms with van der Waals surface area (Å²) in [6.07, 6.45) is 2.53. The number of hydrogen-bond acceptors (Lipinski definition) is 6. The Morgan fingerprint density at radius 1 is 1.14 bits per heavy atom. The predicted molar refractivity (Wildman–Crippen MR) is 106 cm³/mol. The second-order valence-corrected chi connectivity index (χ2v) is 8.15. The van der Waals surface area contributed by atoms with Crippen LogP contribution in [0.3, 0.4) is 0 Å². The lowest BCUT2D eigenvalue weighted by molar-refractivity contribution is -0.136. The zero-order chi connectivity index (χ0) is 20.4. The van der Waals surface area contributed by atoms with Gasteiger partial charge in [0.15, 0.2) is 0 Å². The number of fused-ring (bicyclic) bond motifs is 1. The third-order valence-electron chi connectivity index (χ3n) is 6.29. The van der Waals surface area contributed by atoms with Gasteiger partial charge in [0, 0.05) is 37.7 Å². The van der Waals surface area contributed by atoms with Crippen molar-refractivity contribution in [1.82, 2.24) is 20.9 Å². The number of nitrogens with zero attached hydrogens (tertiary/aromatic N) is 1. The Bertz CT molecular complexity index is 812. The molecule has 1 aromatic rings. The Morgan fingerprint density at radius 2 is 1.97 bits per heavy atom. The highest BCUT2D eigenvalue weighted by Crippen LogP contribution is 2.28. The molecule has 8 nitrogen and oxygen atoms in total. The fourth-order valence-corrected chi connectivity index (χ4v) is 4.55. The summed E-state index contributed by atoms with van der Waals surface area (Å²) in [6, 6.07) is 5.51. The van der Waals surface area contributed by atoms with Gasteiger partial charge >= 0.3 is 0 Å². The van der Waals surface area contributed by atoms with E-state index in [1.54, 1.807) is 4.90 Å². The number of hydrogen-bond donors (Lipinski definition) is 4. The molecule has 3 heterocycles. The highest BCUT2D eigenvalue weighted by Gasteiger charge is 2.39. The van der Waals surface area contributed by atoms with Crippen molar-refractivity contribution in [3.8, 4) is 0 Å². The maximum atomic E-state index is 12.9. The van der Waals surface area contributed by atoms with Crippen molar-refractivity contribution in [3.05, 3.63) is 34.9 Å². The molecular weight excluding hydrogens is 372 g/mol. The van der Waals surface area contributed by atoms with Crippen LogP contribution in [0.5, 0.6) is 0 Å². The quantitative estimate of drug-likeness (QED) is 0.514. The number of nitrogens with one attached hydrogen (secondary N) is 3. The Kier molecular flexibility index (Phi) is 5.94. The molecule has 8 heteroatoms. The molecule has 4 N–H and O–H groups in total. The van der Waals surface area contributed by atoms with Crippen molar-refractivity contribution in [3.63, 3.8) is 0 Å². The predicted octanol–water partition coefficient (Wildman–Crippen LogP) is -0.102. The molecule has 0 aromatic heterocycles. The first-order chi connectivity index (χ1) is 14.1. The summed E-state index contributed by atoms with van der Waals surface area (Å²) in [5, 5.41) is 18.9. The van der Waals surface area contributed by atoms with E-state index < -0.39 is 6.04 Å². The van der Waals surface area contributed by atoms with E-state index in [2.05, 4.69) is 16.0 Å². The minimum absolute atomic E-state index is 0.150. The maximum absolute atomic E-state index is 12.9. The van der Waals surface area contributed by atoms with Crippen LogP contribution in [0.1, 0.15) is 47.2 Å². The second kappa shape index (κ2) is 8.61. The molecular formula is C21H28N4O4. The van der Waals surface area contributed by atoms with Gasteiger partial charge in [0.25, 0.3) is 5.91 Å². The van der Waals surface area contributed by atoms with E-state index in [-0.39, 0.29) is 42.7 Å². The average molecular weight is 400 g/mol. The maximum Gasteiger partial charge on any atom is 0.255 e. The van der Waals surface area contributed by atoms with Crippen molar-refractivity contribution in [2.45, 2.75) is 50.9 Å². The molecule has 29 heavy (non-hydrogen) atoms. The highest BCUT2D eigenvalue weighted by atomic mass is 16.3. The van der Waals surface area contributed by atoms with E-state index in [4.69, 9.17) is 0 Å². The first-order valence-corrected chi connectivity index (χ1v) is 10.4. The third kappa shape index (κ3) is 4.19. The Morgan fingerprint density at radius 3 is 2.76 bits per heavy atom.